The number of allylic oxidation sites excluding steroid dienone is 2. The standard InChI is InChI=1S/C11H14N2/c1-9(12)8-10(2)13-11-6-4-3-5-7-11/h3-8H,12H2,1-2H3/b9-8-,13-10?. The normalized spacial score (nSPS) is 13.1. The van der Waals surface area contributed by atoms with Crippen molar-refractivity contribution >= 4 is 11.4 Å². The molecule has 0 aliphatic heterocycles. The Morgan fingerprint density at radius 1 is 1.23 bits per heavy atom. The van der Waals surface area contributed by atoms with E-state index >= 15 is 0 Å². The number of nitrogens with zero attached hydrogens (tertiary/aromatic N) is 1. The highest BCUT2D eigenvalue weighted by atomic mass is 14.7. The highest BCUT2D eigenvalue weighted by Crippen LogP contribution is 2.10. The van der Waals surface area contributed by atoms with Crippen molar-refractivity contribution in [2.24, 2.45) is 10.7 Å². The quantitative estimate of drug-likeness (QED) is 0.688. The molecule has 1 rings (SSSR count). The van der Waals surface area contributed by atoms with Crippen LogP contribution < -0.4 is 5.73 Å². The Bertz CT molecular complexity index is 319. The molecule has 0 aliphatic carbocycles. The van der Waals surface area contributed by atoms with E-state index in [0.29, 0.717) is 0 Å². The fraction of sp³-hybridized carbons (Fsp3) is 0.182. The van der Waals surface area contributed by atoms with Crippen LogP contribution in [0.25, 0.3) is 0 Å². The van der Waals surface area contributed by atoms with Gasteiger partial charge in [0.05, 0.1) is 5.69 Å². The zero-order valence-corrected chi connectivity index (χ0v) is 7.99. The van der Waals surface area contributed by atoms with Gasteiger partial charge in [0.1, 0.15) is 0 Å². The number of hydrogen-bond donors (Lipinski definition) is 1. The summed E-state index contributed by atoms with van der Waals surface area (Å²) in [5.41, 5.74) is 8.18. The van der Waals surface area contributed by atoms with Crippen molar-refractivity contribution in [1.29, 1.82) is 0 Å². The molecule has 2 heteroatoms. The average molecular weight is 174 g/mol. The first kappa shape index (κ1) is 9.52. The first-order chi connectivity index (χ1) is 6.18. The molecule has 1 aromatic rings. The molecule has 0 fully saturated rings. The summed E-state index contributed by atoms with van der Waals surface area (Å²) in [7, 11) is 0. The Labute approximate surface area is 78.8 Å². The predicted molar refractivity (Wildman–Crippen MR) is 57.2 cm³/mol. The summed E-state index contributed by atoms with van der Waals surface area (Å²) in [6, 6.07) is 9.82. The molecular formula is C11H14N2. The van der Waals surface area contributed by atoms with Crippen LogP contribution in [0, 0.1) is 0 Å². The number of benzene rings is 1. The van der Waals surface area contributed by atoms with Crippen molar-refractivity contribution in [3.8, 4) is 0 Å². The smallest absolute Gasteiger partial charge is 0.0632 e. The fourth-order valence-corrected chi connectivity index (χ4v) is 1.07. The summed E-state index contributed by atoms with van der Waals surface area (Å²) in [6.07, 6.45) is 1.85. The zero-order valence-electron chi connectivity index (χ0n) is 7.99. The third-order valence-corrected chi connectivity index (χ3v) is 1.50. The Hall–Kier alpha value is -1.57. The van der Waals surface area contributed by atoms with Crippen molar-refractivity contribution in [1.82, 2.24) is 0 Å². The molecule has 0 saturated carbocycles. The second kappa shape index (κ2) is 4.45. The first-order valence-electron chi connectivity index (χ1n) is 4.22. The van der Waals surface area contributed by atoms with Crippen molar-refractivity contribution in [2.75, 3.05) is 0 Å². The van der Waals surface area contributed by atoms with Crippen molar-refractivity contribution in [2.45, 2.75) is 13.8 Å². The van der Waals surface area contributed by atoms with Gasteiger partial charge in [-0.3, -0.25) is 4.99 Å². The minimum Gasteiger partial charge on any atom is -0.402 e. The van der Waals surface area contributed by atoms with E-state index in [1.54, 1.807) is 0 Å². The molecule has 0 heterocycles. The van der Waals surface area contributed by atoms with Gasteiger partial charge in [0.2, 0.25) is 0 Å². The van der Waals surface area contributed by atoms with Crippen LogP contribution in [0.5, 0.6) is 0 Å². The molecule has 0 bridgehead atoms. The predicted octanol–water partition coefficient (Wildman–Crippen LogP) is 2.64. The van der Waals surface area contributed by atoms with Crippen molar-refractivity contribution in [3.05, 3.63) is 42.1 Å². The minimum absolute atomic E-state index is 0.775. The molecule has 0 amide bonds. The van der Waals surface area contributed by atoms with E-state index in [-0.39, 0.29) is 0 Å². The molecule has 0 spiro atoms. The maximum Gasteiger partial charge on any atom is 0.0632 e. The van der Waals surface area contributed by atoms with Gasteiger partial charge in [-0.05, 0) is 32.1 Å². The number of hydrogen-bond acceptors (Lipinski definition) is 2. The van der Waals surface area contributed by atoms with Gasteiger partial charge in [-0.15, -0.1) is 0 Å². The van der Waals surface area contributed by atoms with Crippen LogP contribution in [0.3, 0.4) is 0 Å². The number of nitrogens with two attached hydrogens (primary N) is 1. The Morgan fingerprint density at radius 2 is 1.85 bits per heavy atom. The lowest BCUT2D eigenvalue weighted by atomic mass is 10.3. The molecule has 0 aromatic heterocycles. The van der Waals surface area contributed by atoms with Crippen LogP contribution in [0.1, 0.15) is 13.8 Å². The topological polar surface area (TPSA) is 38.4 Å². The van der Waals surface area contributed by atoms with Crippen LogP contribution in [0.4, 0.5) is 5.69 Å². The van der Waals surface area contributed by atoms with Gasteiger partial charge >= 0.3 is 0 Å². The van der Waals surface area contributed by atoms with E-state index in [1.807, 2.05) is 50.3 Å². The van der Waals surface area contributed by atoms with Crippen LogP contribution in [-0.2, 0) is 0 Å². The van der Waals surface area contributed by atoms with Crippen LogP contribution in [0.15, 0.2) is 47.1 Å². The van der Waals surface area contributed by atoms with Crippen molar-refractivity contribution in [3.63, 3.8) is 0 Å². The monoisotopic (exact) mass is 174 g/mol. The SMILES string of the molecule is CC(/C=C(/C)N)=Nc1ccccc1. The van der Waals surface area contributed by atoms with E-state index in [1.165, 1.54) is 0 Å². The molecule has 2 nitrogen and oxygen atoms in total. The van der Waals surface area contributed by atoms with Gasteiger partial charge in [0.25, 0.3) is 0 Å². The minimum atomic E-state index is 0.775. The lowest BCUT2D eigenvalue weighted by Crippen LogP contribution is -1.94. The highest BCUT2D eigenvalue weighted by molar-refractivity contribution is 5.95. The third-order valence-electron chi connectivity index (χ3n) is 1.50. The number of aliphatic imine (C=N–C) groups is 1. The summed E-state index contributed by atoms with van der Waals surface area (Å²) in [4.78, 5) is 4.36. The lowest BCUT2D eigenvalue weighted by Gasteiger charge is -1.95. The van der Waals surface area contributed by atoms with Gasteiger partial charge in [0, 0.05) is 11.4 Å². The van der Waals surface area contributed by atoms with E-state index in [9.17, 15) is 0 Å². The molecule has 0 unspecified atom stereocenters. The summed E-state index contributed by atoms with van der Waals surface area (Å²) >= 11 is 0. The Balaban J connectivity index is 2.83. The number of rotatable bonds is 2. The molecule has 0 saturated heterocycles. The van der Waals surface area contributed by atoms with Gasteiger partial charge < -0.3 is 5.73 Å². The molecule has 0 atom stereocenters. The number of para-hydroxylation sites is 1. The molecule has 0 radical (unpaired) electrons. The maximum absolute atomic E-state index is 5.53. The van der Waals surface area contributed by atoms with Gasteiger partial charge in [0.15, 0.2) is 0 Å². The Kier molecular flexibility index (Phi) is 3.26. The second-order valence-electron chi connectivity index (χ2n) is 2.98. The molecule has 2 N–H and O–H groups in total. The van der Waals surface area contributed by atoms with Crippen LogP contribution in [-0.4, -0.2) is 5.71 Å². The van der Waals surface area contributed by atoms with E-state index in [4.69, 9.17) is 5.73 Å². The van der Waals surface area contributed by atoms with Gasteiger partial charge in [-0.25, -0.2) is 0 Å². The summed E-state index contributed by atoms with van der Waals surface area (Å²) in [6.45, 7) is 3.79. The van der Waals surface area contributed by atoms with Gasteiger partial charge in [-0.2, -0.15) is 0 Å². The molecule has 13 heavy (non-hydrogen) atoms. The van der Waals surface area contributed by atoms with Crippen LogP contribution in [0.2, 0.25) is 0 Å². The maximum atomic E-state index is 5.53. The Morgan fingerprint density at radius 3 is 2.38 bits per heavy atom. The highest BCUT2D eigenvalue weighted by Gasteiger charge is 1.88. The van der Waals surface area contributed by atoms with Crippen LogP contribution >= 0.6 is 0 Å². The van der Waals surface area contributed by atoms with Gasteiger partial charge in [-0.1, -0.05) is 18.2 Å². The third kappa shape index (κ3) is 3.56. The fourth-order valence-electron chi connectivity index (χ4n) is 1.07. The summed E-state index contributed by atoms with van der Waals surface area (Å²) in [5, 5.41) is 0. The zero-order chi connectivity index (χ0) is 9.68. The van der Waals surface area contributed by atoms with E-state index < -0.39 is 0 Å². The molecule has 68 valence electrons. The molecular weight excluding hydrogens is 160 g/mol. The lowest BCUT2D eigenvalue weighted by molar-refractivity contribution is 1.32. The van der Waals surface area contributed by atoms with Crippen molar-refractivity contribution < 1.29 is 0 Å². The van der Waals surface area contributed by atoms with E-state index in [0.717, 1.165) is 17.1 Å². The average Bonchev–Trinajstić information content (AvgIpc) is 2.04. The summed E-state index contributed by atoms with van der Waals surface area (Å²) < 4.78 is 0. The largest absolute Gasteiger partial charge is 0.402 e. The molecule has 0 aliphatic rings. The first-order valence-corrected chi connectivity index (χ1v) is 4.22. The van der Waals surface area contributed by atoms with E-state index in [2.05, 4.69) is 4.99 Å². The molecule has 1 aromatic carbocycles. The second-order valence-corrected chi connectivity index (χ2v) is 2.98. The summed E-state index contributed by atoms with van der Waals surface area (Å²) in [5.74, 6) is 0.